The van der Waals surface area contributed by atoms with Gasteiger partial charge in [0.2, 0.25) is 17.2 Å². The summed E-state index contributed by atoms with van der Waals surface area (Å²) in [6.07, 6.45) is 0. The summed E-state index contributed by atoms with van der Waals surface area (Å²) >= 11 is 7.54. The third kappa shape index (κ3) is 5.06. The van der Waals surface area contributed by atoms with Crippen LogP contribution in [0.25, 0.3) is 0 Å². The van der Waals surface area contributed by atoms with Gasteiger partial charge in [0, 0.05) is 16.7 Å². The molecule has 0 aliphatic heterocycles. The minimum Gasteiger partial charge on any atom is -0.368 e. The van der Waals surface area contributed by atoms with Gasteiger partial charge in [-0.2, -0.15) is 15.0 Å². The van der Waals surface area contributed by atoms with Gasteiger partial charge in [0.15, 0.2) is 0 Å². The van der Waals surface area contributed by atoms with Crippen molar-refractivity contribution in [2.24, 2.45) is 0 Å². The maximum Gasteiger partial charge on any atom is 0.229 e. The van der Waals surface area contributed by atoms with Gasteiger partial charge in [-0.15, -0.1) is 11.8 Å². The van der Waals surface area contributed by atoms with E-state index in [2.05, 4.69) is 59.2 Å². The van der Waals surface area contributed by atoms with Gasteiger partial charge < -0.3 is 11.1 Å². The maximum atomic E-state index is 5.75. The second-order valence-electron chi connectivity index (χ2n) is 4.97. The van der Waals surface area contributed by atoms with Crippen molar-refractivity contribution in [1.82, 2.24) is 15.0 Å². The molecule has 1 aromatic carbocycles. The van der Waals surface area contributed by atoms with Crippen molar-refractivity contribution >= 4 is 35.3 Å². The minimum atomic E-state index is 0.0964. The summed E-state index contributed by atoms with van der Waals surface area (Å²) in [5.41, 5.74) is 8.09. The molecule has 0 bridgehead atoms. The van der Waals surface area contributed by atoms with E-state index < -0.39 is 0 Å². The number of aromatic nitrogens is 3. The average molecular weight is 324 g/mol. The summed E-state index contributed by atoms with van der Waals surface area (Å²) in [4.78, 5) is 13.0. The summed E-state index contributed by atoms with van der Waals surface area (Å²) in [6, 6.07) is 6.71. The molecule has 1 unspecified atom stereocenters. The number of nitrogen functional groups attached to an aromatic ring is 1. The number of benzene rings is 1. The van der Waals surface area contributed by atoms with E-state index in [4.69, 9.17) is 17.3 Å². The van der Waals surface area contributed by atoms with E-state index in [1.807, 2.05) is 0 Å². The number of nitrogens with two attached hydrogens (primary N) is 1. The van der Waals surface area contributed by atoms with E-state index in [0.717, 1.165) is 5.75 Å². The Balaban J connectivity index is 1.93. The van der Waals surface area contributed by atoms with Gasteiger partial charge in [-0.05, 0) is 55.6 Å². The Bertz CT molecular complexity index is 594. The molecular weight excluding hydrogens is 306 g/mol. The van der Waals surface area contributed by atoms with Crippen LogP contribution in [0.4, 0.5) is 11.9 Å². The van der Waals surface area contributed by atoms with Crippen molar-refractivity contribution in [2.45, 2.75) is 31.7 Å². The highest BCUT2D eigenvalue weighted by molar-refractivity contribution is 7.99. The number of aryl methyl sites for hydroxylation is 2. The zero-order chi connectivity index (χ0) is 15.4. The Morgan fingerprint density at radius 3 is 2.48 bits per heavy atom. The second-order valence-corrected chi connectivity index (χ2v) is 6.40. The monoisotopic (exact) mass is 323 g/mol. The molecule has 7 heteroatoms. The molecule has 0 aliphatic rings. The zero-order valence-electron chi connectivity index (χ0n) is 12.2. The van der Waals surface area contributed by atoms with E-state index in [-0.39, 0.29) is 17.3 Å². The molecule has 5 nitrogen and oxygen atoms in total. The van der Waals surface area contributed by atoms with Crippen molar-refractivity contribution in [3.8, 4) is 0 Å². The lowest BCUT2D eigenvalue weighted by atomic mass is 10.2. The first kappa shape index (κ1) is 15.9. The molecule has 0 fully saturated rings. The van der Waals surface area contributed by atoms with Gasteiger partial charge in [-0.3, -0.25) is 0 Å². The SMILES string of the molecule is Cc1cc(C)cc(SCC(C)Nc2nc(N)nc(Cl)n2)c1. The van der Waals surface area contributed by atoms with E-state index in [1.165, 1.54) is 16.0 Å². The molecule has 0 amide bonds. The van der Waals surface area contributed by atoms with Gasteiger partial charge in [0.1, 0.15) is 0 Å². The fraction of sp³-hybridized carbons (Fsp3) is 0.357. The molecule has 2 aromatic rings. The minimum absolute atomic E-state index is 0.0964. The predicted molar refractivity (Wildman–Crippen MR) is 89.0 cm³/mol. The normalized spacial score (nSPS) is 12.2. The lowest BCUT2D eigenvalue weighted by Crippen LogP contribution is -2.20. The van der Waals surface area contributed by atoms with Crippen LogP contribution in [0.15, 0.2) is 23.1 Å². The standard InChI is InChI=1S/C14H18ClN5S/c1-8-4-9(2)6-11(5-8)21-7-10(3)17-14-19-12(15)18-13(16)20-14/h4-6,10H,7H2,1-3H3,(H3,16,17,18,19,20). The van der Waals surface area contributed by atoms with E-state index in [9.17, 15) is 0 Å². The quantitative estimate of drug-likeness (QED) is 0.822. The number of thioether (sulfide) groups is 1. The Hall–Kier alpha value is -1.53. The fourth-order valence-electron chi connectivity index (χ4n) is 1.93. The highest BCUT2D eigenvalue weighted by Gasteiger charge is 2.08. The second kappa shape index (κ2) is 6.95. The van der Waals surface area contributed by atoms with Gasteiger partial charge in [-0.25, -0.2) is 0 Å². The van der Waals surface area contributed by atoms with Gasteiger partial charge >= 0.3 is 0 Å². The molecule has 0 spiro atoms. The molecule has 3 N–H and O–H groups in total. The number of anilines is 2. The van der Waals surface area contributed by atoms with Crippen LogP contribution < -0.4 is 11.1 Å². The van der Waals surface area contributed by atoms with Crippen LogP contribution >= 0.6 is 23.4 Å². The highest BCUT2D eigenvalue weighted by Crippen LogP contribution is 2.22. The molecule has 0 saturated heterocycles. The third-order valence-corrected chi connectivity index (χ3v) is 4.10. The lowest BCUT2D eigenvalue weighted by molar-refractivity contribution is 0.879. The van der Waals surface area contributed by atoms with Crippen LogP contribution in [0.2, 0.25) is 5.28 Å². The van der Waals surface area contributed by atoms with Gasteiger partial charge in [0.05, 0.1) is 0 Å². The number of hydrogen-bond acceptors (Lipinski definition) is 6. The molecule has 0 saturated carbocycles. The van der Waals surface area contributed by atoms with Gasteiger partial charge in [-0.1, -0.05) is 6.07 Å². The molecule has 2 rings (SSSR count). The largest absolute Gasteiger partial charge is 0.368 e. The third-order valence-electron chi connectivity index (χ3n) is 2.70. The Labute approximate surface area is 133 Å². The number of nitrogens with zero attached hydrogens (tertiary/aromatic N) is 3. The summed E-state index contributed by atoms with van der Waals surface area (Å²) in [5, 5.41) is 3.27. The molecule has 21 heavy (non-hydrogen) atoms. The first-order valence-corrected chi connectivity index (χ1v) is 7.93. The van der Waals surface area contributed by atoms with Crippen LogP contribution in [-0.2, 0) is 0 Å². The van der Waals surface area contributed by atoms with Gasteiger partial charge in [0.25, 0.3) is 0 Å². The number of halogens is 1. The number of hydrogen-bond donors (Lipinski definition) is 2. The highest BCUT2D eigenvalue weighted by atomic mass is 35.5. The van der Waals surface area contributed by atoms with E-state index >= 15 is 0 Å². The Morgan fingerprint density at radius 2 is 1.86 bits per heavy atom. The fourth-order valence-corrected chi connectivity index (χ4v) is 3.16. The molecule has 1 atom stereocenters. The smallest absolute Gasteiger partial charge is 0.229 e. The van der Waals surface area contributed by atoms with Crippen LogP contribution in [-0.4, -0.2) is 26.7 Å². The van der Waals surface area contributed by atoms with Crippen molar-refractivity contribution in [3.05, 3.63) is 34.6 Å². The molecule has 1 aromatic heterocycles. The maximum absolute atomic E-state index is 5.75. The molecule has 112 valence electrons. The number of rotatable bonds is 5. The molecule has 0 radical (unpaired) electrons. The van der Waals surface area contributed by atoms with E-state index in [0.29, 0.717) is 5.95 Å². The molecular formula is C14H18ClN5S. The topological polar surface area (TPSA) is 76.7 Å². The zero-order valence-corrected chi connectivity index (χ0v) is 13.8. The molecule has 0 aliphatic carbocycles. The number of nitrogens with one attached hydrogen (secondary N) is 1. The van der Waals surface area contributed by atoms with Crippen LogP contribution in [0, 0.1) is 13.8 Å². The van der Waals surface area contributed by atoms with Crippen molar-refractivity contribution < 1.29 is 0 Å². The van der Waals surface area contributed by atoms with Crippen molar-refractivity contribution in [2.75, 3.05) is 16.8 Å². The lowest BCUT2D eigenvalue weighted by Gasteiger charge is -2.14. The van der Waals surface area contributed by atoms with E-state index in [1.54, 1.807) is 11.8 Å². The van der Waals surface area contributed by atoms with Crippen molar-refractivity contribution in [3.63, 3.8) is 0 Å². The summed E-state index contributed by atoms with van der Waals surface area (Å²) < 4.78 is 0. The van der Waals surface area contributed by atoms with Crippen molar-refractivity contribution in [1.29, 1.82) is 0 Å². The van der Waals surface area contributed by atoms with Crippen LogP contribution in [0.5, 0.6) is 0 Å². The van der Waals surface area contributed by atoms with Crippen LogP contribution in [0.3, 0.4) is 0 Å². The first-order chi connectivity index (χ1) is 9.92. The Morgan fingerprint density at radius 1 is 1.19 bits per heavy atom. The Kier molecular flexibility index (Phi) is 5.25. The first-order valence-electron chi connectivity index (χ1n) is 6.57. The summed E-state index contributed by atoms with van der Waals surface area (Å²) in [5.74, 6) is 1.40. The van der Waals surface area contributed by atoms with Crippen LogP contribution in [0.1, 0.15) is 18.1 Å². The summed E-state index contributed by atoms with van der Waals surface area (Å²) in [7, 11) is 0. The predicted octanol–water partition coefficient (Wildman–Crippen LogP) is 3.32. The average Bonchev–Trinajstić information content (AvgIpc) is 2.34. The summed E-state index contributed by atoms with van der Waals surface area (Å²) in [6.45, 7) is 6.27. The molecule has 1 heterocycles.